The van der Waals surface area contributed by atoms with Gasteiger partial charge in [-0.1, -0.05) is 12.5 Å². The standard InChI is InChI=1S/C22H25N3O4/c1-15-7-8-17(29-15)20(26)18-19(16-6-5-9-23-14-16)25(22(28)21(18)27)13-12-24-10-3-2-4-11-24/h5-9,14,19,27H,2-4,10-13H2,1H3. The van der Waals surface area contributed by atoms with Gasteiger partial charge in [-0.2, -0.15) is 0 Å². The van der Waals surface area contributed by atoms with E-state index in [1.807, 2.05) is 6.07 Å². The number of Topliss-reactive ketones (excluding diaryl/α,β-unsaturated/α-hetero) is 1. The number of likely N-dealkylation sites (tertiary alicyclic amines) is 1. The summed E-state index contributed by atoms with van der Waals surface area (Å²) in [7, 11) is 0. The Morgan fingerprint density at radius 2 is 2.00 bits per heavy atom. The number of hydrogen-bond acceptors (Lipinski definition) is 6. The van der Waals surface area contributed by atoms with E-state index in [4.69, 9.17) is 4.42 Å². The lowest BCUT2D eigenvalue weighted by atomic mass is 9.96. The summed E-state index contributed by atoms with van der Waals surface area (Å²) >= 11 is 0. The van der Waals surface area contributed by atoms with Crippen molar-refractivity contribution in [2.75, 3.05) is 26.2 Å². The summed E-state index contributed by atoms with van der Waals surface area (Å²) in [5, 5.41) is 10.6. The summed E-state index contributed by atoms with van der Waals surface area (Å²) in [6.07, 6.45) is 6.82. The lowest BCUT2D eigenvalue weighted by Gasteiger charge is -2.31. The molecule has 1 amide bonds. The van der Waals surface area contributed by atoms with Gasteiger partial charge in [0.15, 0.2) is 11.5 Å². The van der Waals surface area contributed by atoms with Crippen LogP contribution in [0.4, 0.5) is 0 Å². The number of nitrogens with zero attached hydrogens (tertiary/aromatic N) is 3. The molecule has 29 heavy (non-hydrogen) atoms. The monoisotopic (exact) mass is 395 g/mol. The highest BCUT2D eigenvalue weighted by Gasteiger charge is 2.44. The van der Waals surface area contributed by atoms with E-state index < -0.39 is 23.5 Å². The molecule has 152 valence electrons. The summed E-state index contributed by atoms with van der Waals surface area (Å²) in [5.41, 5.74) is 0.742. The molecule has 0 spiro atoms. The van der Waals surface area contributed by atoms with Crippen molar-refractivity contribution in [2.45, 2.75) is 32.2 Å². The molecule has 1 N–H and O–H groups in total. The molecule has 1 saturated heterocycles. The zero-order valence-electron chi connectivity index (χ0n) is 16.5. The van der Waals surface area contributed by atoms with Gasteiger partial charge in [-0.15, -0.1) is 0 Å². The van der Waals surface area contributed by atoms with Crippen molar-refractivity contribution in [3.8, 4) is 0 Å². The number of aromatic nitrogens is 1. The summed E-state index contributed by atoms with van der Waals surface area (Å²) in [4.78, 5) is 34.1. The average molecular weight is 395 g/mol. The Bertz CT molecular complexity index is 929. The molecule has 1 unspecified atom stereocenters. The maximum absolute atomic E-state index is 13.1. The van der Waals surface area contributed by atoms with Crippen LogP contribution in [0, 0.1) is 6.92 Å². The first-order valence-electron chi connectivity index (χ1n) is 10.0. The second-order valence-corrected chi connectivity index (χ2v) is 7.59. The van der Waals surface area contributed by atoms with Crippen molar-refractivity contribution in [2.24, 2.45) is 0 Å². The highest BCUT2D eigenvalue weighted by molar-refractivity contribution is 6.15. The van der Waals surface area contributed by atoms with Gasteiger partial charge in [0.1, 0.15) is 5.76 Å². The van der Waals surface area contributed by atoms with Crippen molar-refractivity contribution >= 4 is 11.7 Å². The molecular formula is C22H25N3O4. The van der Waals surface area contributed by atoms with Crippen LogP contribution in [-0.2, 0) is 4.79 Å². The molecule has 1 fully saturated rings. The highest BCUT2D eigenvalue weighted by Crippen LogP contribution is 2.38. The Labute approximate surface area is 169 Å². The molecule has 0 aliphatic carbocycles. The lowest BCUT2D eigenvalue weighted by Crippen LogP contribution is -2.40. The van der Waals surface area contributed by atoms with Crippen LogP contribution in [0.3, 0.4) is 0 Å². The second-order valence-electron chi connectivity index (χ2n) is 7.59. The van der Waals surface area contributed by atoms with Crippen LogP contribution in [0.2, 0.25) is 0 Å². The van der Waals surface area contributed by atoms with Crippen LogP contribution < -0.4 is 0 Å². The molecule has 4 rings (SSSR count). The molecule has 0 radical (unpaired) electrons. The maximum atomic E-state index is 13.1. The minimum atomic E-state index is -0.682. The predicted octanol–water partition coefficient (Wildman–Crippen LogP) is 3.05. The first-order valence-corrected chi connectivity index (χ1v) is 10.0. The van der Waals surface area contributed by atoms with Gasteiger partial charge in [-0.3, -0.25) is 14.6 Å². The number of aryl methyl sites for hydroxylation is 1. The Morgan fingerprint density at radius 1 is 1.21 bits per heavy atom. The van der Waals surface area contributed by atoms with Gasteiger partial charge >= 0.3 is 0 Å². The number of furan rings is 1. The zero-order chi connectivity index (χ0) is 20.4. The van der Waals surface area contributed by atoms with Crippen molar-refractivity contribution in [3.63, 3.8) is 0 Å². The van der Waals surface area contributed by atoms with Gasteiger partial charge in [-0.05, 0) is 56.6 Å². The number of ketones is 1. The largest absolute Gasteiger partial charge is 0.503 e. The van der Waals surface area contributed by atoms with Crippen molar-refractivity contribution in [1.82, 2.24) is 14.8 Å². The number of aliphatic hydroxyl groups is 1. The van der Waals surface area contributed by atoms with Crippen molar-refractivity contribution in [3.05, 3.63) is 65.1 Å². The summed E-state index contributed by atoms with van der Waals surface area (Å²) in [6.45, 7) is 4.90. The molecule has 1 atom stereocenters. The van der Waals surface area contributed by atoms with Crippen LogP contribution in [0.15, 0.2) is 52.4 Å². The Morgan fingerprint density at radius 3 is 2.66 bits per heavy atom. The van der Waals surface area contributed by atoms with E-state index in [0.717, 1.165) is 25.9 Å². The molecule has 7 nitrogen and oxygen atoms in total. The number of piperidine rings is 1. The second kappa shape index (κ2) is 8.21. The van der Waals surface area contributed by atoms with Gasteiger partial charge in [-0.25, -0.2) is 0 Å². The minimum absolute atomic E-state index is 0.0518. The molecule has 0 aromatic carbocycles. The van der Waals surface area contributed by atoms with E-state index in [1.165, 1.54) is 6.42 Å². The van der Waals surface area contributed by atoms with Gasteiger partial charge in [0.05, 0.1) is 11.6 Å². The molecule has 2 aliphatic heterocycles. The molecule has 0 bridgehead atoms. The fourth-order valence-electron chi connectivity index (χ4n) is 4.12. The number of aliphatic hydroxyl groups excluding tert-OH is 1. The van der Waals surface area contributed by atoms with Crippen molar-refractivity contribution in [1.29, 1.82) is 0 Å². The number of pyridine rings is 1. The maximum Gasteiger partial charge on any atom is 0.290 e. The predicted molar refractivity (Wildman–Crippen MR) is 106 cm³/mol. The lowest BCUT2D eigenvalue weighted by molar-refractivity contribution is -0.129. The summed E-state index contributed by atoms with van der Waals surface area (Å²) in [5.74, 6) is -0.793. The Kier molecular flexibility index (Phi) is 5.49. The third kappa shape index (κ3) is 3.82. The summed E-state index contributed by atoms with van der Waals surface area (Å²) in [6, 6.07) is 6.15. The fourth-order valence-corrected chi connectivity index (χ4v) is 4.12. The quantitative estimate of drug-likeness (QED) is 0.757. The normalized spacial score (nSPS) is 20.5. The van der Waals surface area contributed by atoms with Gasteiger partial charge in [0.2, 0.25) is 5.78 Å². The fraction of sp³-hybridized carbons (Fsp3) is 0.409. The molecular weight excluding hydrogens is 370 g/mol. The van der Waals surface area contributed by atoms with Crippen molar-refractivity contribution < 1.29 is 19.1 Å². The smallest absolute Gasteiger partial charge is 0.290 e. The van der Waals surface area contributed by atoms with E-state index in [9.17, 15) is 14.7 Å². The first kappa shape index (κ1) is 19.4. The molecule has 2 aliphatic rings. The number of carbonyl (C=O) groups is 2. The molecule has 7 heteroatoms. The van der Waals surface area contributed by atoms with Crippen LogP contribution >= 0.6 is 0 Å². The molecule has 4 heterocycles. The van der Waals surface area contributed by atoms with Crippen LogP contribution in [0.1, 0.15) is 47.2 Å². The average Bonchev–Trinajstić information content (AvgIpc) is 3.29. The van der Waals surface area contributed by atoms with E-state index in [1.54, 1.807) is 42.4 Å². The zero-order valence-corrected chi connectivity index (χ0v) is 16.5. The van der Waals surface area contributed by atoms with E-state index in [2.05, 4.69) is 9.88 Å². The van der Waals surface area contributed by atoms with Gasteiger partial charge < -0.3 is 19.3 Å². The van der Waals surface area contributed by atoms with E-state index in [0.29, 0.717) is 24.4 Å². The van der Waals surface area contributed by atoms with Gasteiger partial charge in [0.25, 0.3) is 5.91 Å². The number of carbonyl (C=O) groups excluding carboxylic acids is 2. The Hall–Kier alpha value is -2.93. The molecule has 0 saturated carbocycles. The third-order valence-electron chi connectivity index (χ3n) is 5.62. The number of amides is 1. The van der Waals surface area contributed by atoms with E-state index in [-0.39, 0.29) is 11.3 Å². The SMILES string of the molecule is Cc1ccc(C(=O)C2=C(O)C(=O)N(CCN3CCCCC3)C2c2cccnc2)o1. The number of rotatable bonds is 6. The van der Waals surface area contributed by atoms with Crippen LogP contribution in [-0.4, -0.2) is 57.8 Å². The first-order chi connectivity index (χ1) is 14.1. The molecule has 2 aromatic rings. The summed E-state index contributed by atoms with van der Waals surface area (Å²) < 4.78 is 5.47. The molecule has 2 aromatic heterocycles. The number of hydrogen-bond donors (Lipinski definition) is 1. The topological polar surface area (TPSA) is 86.9 Å². The highest BCUT2D eigenvalue weighted by atomic mass is 16.3. The Balaban J connectivity index is 1.65. The van der Waals surface area contributed by atoms with Crippen LogP contribution in [0.5, 0.6) is 0 Å². The van der Waals surface area contributed by atoms with Gasteiger partial charge in [0, 0.05) is 25.5 Å². The third-order valence-corrected chi connectivity index (χ3v) is 5.62. The van der Waals surface area contributed by atoms with E-state index >= 15 is 0 Å². The minimum Gasteiger partial charge on any atom is -0.503 e. The van der Waals surface area contributed by atoms with Crippen LogP contribution in [0.25, 0.3) is 0 Å².